The Hall–Kier alpha value is -2.04. The summed E-state index contributed by atoms with van der Waals surface area (Å²) in [5, 5.41) is 0. The monoisotopic (exact) mass is 279 g/mol. The van der Waals surface area contributed by atoms with Crippen molar-refractivity contribution in [2.24, 2.45) is 0 Å². The van der Waals surface area contributed by atoms with Gasteiger partial charge in [-0.1, -0.05) is 18.2 Å². The van der Waals surface area contributed by atoms with E-state index in [9.17, 15) is 9.59 Å². The quantitative estimate of drug-likeness (QED) is 0.716. The predicted molar refractivity (Wildman–Crippen MR) is 75.3 cm³/mol. The Bertz CT molecular complexity index is 459. The number of carbonyl (C=O) groups excluding carboxylic acids is 2. The number of esters is 1. The van der Waals surface area contributed by atoms with Crippen LogP contribution in [0.3, 0.4) is 0 Å². The lowest BCUT2D eigenvalue weighted by Crippen LogP contribution is -2.27. The first-order valence-corrected chi connectivity index (χ1v) is 6.60. The molecule has 1 aromatic carbocycles. The van der Waals surface area contributed by atoms with Crippen LogP contribution >= 0.6 is 0 Å². The molecule has 0 N–H and O–H groups in total. The molecule has 0 saturated heterocycles. The summed E-state index contributed by atoms with van der Waals surface area (Å²) in [6.07, 6.45) is 0.271. The molecule has 0 radical (unpaired) electrons. The second kappa shape index (κ2) is 8.19. The van der Waals surface area contributed by atoms with Crippen molar-refractivity contribution in [3.63, 3.8) is 0 Å². The van der Waals surface area contributed by atoms with Crippen molar-refractivity contribution < 1.29 is 19.1 Å². The highest BCUT2D eigenvalue weighted by Gasteiger charge is 2.13. The van der Waals surface area contributed by atoms with E-state index in [4.69, 9.17) is 9.47 Å². The molecule has 1 rings (SSSR count). The fraction of sp³-hybridized carbons (Fsp3) is 0.467. The third-order valence-corrected chi connectivity index (χ3v) is 2.87. The molecule has 20 heavy (non-hydrogen) atoms. The third kappa shape index (κ3) is 4.91. The fourth-order valence-electron chi connectivity index (χ4n) is 1.81. The van der Waals surface area contributed by atoms with Gasteiger partial charge in [0.25, 0.3) is 0 Å². The Kier molecular flexibility index (Phi) is 6.56. The van der Waals surface area contributed by atoms with Gasteiger partial charge in [-0.15, -0.1) is 0 Å². The molecule has 0 bridgehead atoms. The van der Waals surface area contributed by atoms with Crippen LogP contribution in [0.15, 0.2) is 24.3 Å². The second-order valence-electron chi connectivity index (χ2n) is 4.37. The van der Waals surface area contributed by atoms with E-state index in [1.165, 1.54) is 0 Å². The van der Waals surface area contributed by atoms with Crippen LogP contribution in [-0.4, -0.2) is 37.5 Å². The van der Waals surface area contributed by atoms with Crippen LogP contribution in [0.1, 0.15) is 25.3 Å². The summed E-state index contributed by atoms with van der Waals surface area (Å²) in [4.78, 5) is 24.7. The van der Waals surface area contributed by atoms with Crippen LogP contribution in [0.25, 0.3) is 0 Å². The lowest BCUT2D eigenvalue weighted by molar-refractivity contribution is -0.145. The molecule has 5 nitrogen and oxygen atoms in total. The van der Waals surface area contributed by atoms with E-state index in [-0.39, 0.29) is 24.7 Å². The number of rotatable bonds is 7. The van der Waals surface area contributed by atoms with Crippen LogP contribution in [0.4, 0.5) is 0 Å². The molecule has 0 fully saturated rings. The summed E-state index contributed by atoms with van der Waals surface area (Å²) in [7, 11) is 3.31. The predicted octanol–water partition coefficient (Wildman–Crippen LogP) is 2.00. The van der Waals surface area contributed by atoms with E-state index in [0.29, 0.717) is 13.2 Å². The fourth-order valence-corrected chi connectivity index (χ4v) is 1.81. The number of para-hydroxylation sites is 1. The number of hydrogen-bond donors (Lipinski definition) is 0. The number of hydrogen-bond acceptors (Lipinski definition) is 4. The minimum atomic E-state index is -0.341. The summed E-state index contributed by atoms with van der Waals surface area (Å²) in [6.45, 7) is 2.53. The molecule has 0 saturated carbocycles. The highest BCUT2D eigenvalue weighted by Crippen LogP contribution is 2.19. The van der Waals surface area contributed by atoms with Crippen molar-refractivity contribution in [1.29, 1.82) is 0 Å². The lowest BCUT2D eigenvalue weighted by atomic mass is 10.2. The standard InChI is InChI=1S/C15H21NO4/c1-4-20-15(18)10-9-14(17)16(2)11-12-7-5-6-8-13(12)19-3/h5-8H,4,9-11H2,1-3H3. The molecule has 0 heterocycles. The van der Waals surface area contributed by atoms with Gasteiger partial charge in [-0.3, -0.25) is 9.59 Å². The molecule has 0 unspecified atom stereocenters. The SMILES string of the molecule is CCOC(=O)CCC(=O)N(C)Cc1ccccc1OC. The zero-order chi connectivity index (χ0) is 15.0. The van der Waals surface area contributed by atoms with Crippen molar-refractivity contribution in [3.05, 3.63) is 29.8 Å². The van der Waals surface area contributed by atoms with Gasteiger partial charge in [0, 0.05) is 25.6 Å². The van der Waals surface area contributed by atoms with Crippen molar-refractivity contribution in [3.8, 4) is 5.75 Å². The first-order chi connectivity index (χ1) is 9.58. The van der Waals surface area contributed by atoms with Crippen LogP contribution in [0.2, 0.25) is 0 Å². The summed E-state index contributed by atoms with van der Waals surface area (Å²) in [6, 6.07) is 7.54. The molecule has 0 aromatic heterocycles. The van der Waals surface area contributed by atoms with Gasteiger partial charge < -0.3 is 14.4 Å². The van der Waals surface area contributed by atoms with Gasteiger partial charge in [0.1, 0.15) is 5.75 Å². The smallest absolute Gasteiger partial charge is 0.306 e. The summed E-state index contributed by atoms with van der Waals surface area (Å²) in [5.41, 5.74) is 0.932. The Balaban J connectivity index is 2.51. The maximum Gasteiger partial charge on any atom is 0.306 e. The third-order valence-electron chi connectivity index (χ3n) is 2.87. The van der Waals surface area contributed by atoms with Gasteiger partial charge in [0.05, 0.1) is 20.1 Å². The van der Waals surface area contributed by atoms with E-state index in [0.717, 1.165) is 11.3 Å². The topological polar surface area (TPSA) is 55.8 Å². The van der Waals surface area contributed by atoms with Crippen LogP contribution in [0.5, 0.6) is 5.75 Å². The van der Waals surface area contributed by atoms with E-state index in [2.05, 4.69) is 0 Å². The molecule has 1 amide bonds. The van der Waals surface area contributed by atoms with Crippen molar-refractivity contribution in [2.75, 3.05) is 20.8 Å². The molecule has 0 atom stereocenters. The van der Waals surface area contributed by atoms with Crippen LogP contribution in [-0.2, 0) is 20.9 Å². The molecular formula is C15H21NO4. The van der Waals surface area contributed by atoms with E-state index in [1.807, 2.05) is 24.3 Å². The first kappa shape index (κ1) is 16.0. The second-order valence-corrected chi connectivity index (χ2v) is 4.37. The Morgan fingerprint density at radius 2 is 1.90 bits per heavy atom. The molecule has 0 aliphatic carbocycles. The van der Waals surface area contributed by atoms with Gasteiger partial charge in [0.15, 0.2) is 0 Å². The summed E-state index contributed by atoms with van der Waals surface area (Å²) >= 11 is 0. The Labute approximate surface area is 119 Å². The highest BCUT2D eigenvalue weighted by molar-refractivity contribution is 5.81. The molecule has 0 spiro atoms. The van der Waals surface area contributed by atoms with Gasteiger partial charge in [-0.05, 0) is 13.0 Å². The van der Waals surface area contributed by atoms with E-state index >= 15 is 0 Å². The minimum Gasteiger partial charge on any atom is -0.496 e. The van der Waals surface area contributed by atoms with Crippen LogP contribution in [0, 0.1) is 0 Å². The number of nitrogens with zero attached hydrogens (tertiary/aromatic N) is 1. The maximum atomic E-state index is 11.9. The highest BCUT2D eigenvalue weighted by atomic mass is 16.5. The van der Waals surface area contributed by atoms with Gasteiger partial charge in [0.2, 0.25) is 5.91 Å². The molecule has 0 aliphatic heterocycles. The molecular weight excluding hydrogens is 258 g/mol. The van der Waals surface area contributed by atoms with Crippen molar-refractivity contribution in [2.45, 2.75) is 26.3 Å². The molecule has 5 heteroatoms. The number of methoxy groups -OCH3 is 1. The average molecular weight is 279 g/mol. The van der Waals surface area contributed by atoms with Crippen molar-refractivity contribution >= 4 is 11.9 Å². The average Bonchev–Trinajstić information content (AvgIpc) is 2.45. The van der Waals surface area contributed by atoms with Crippen LogP contribution < -0.4 is 4.74 Å². The number of amides is 1. The maximum absolute atomic E-state index is 11.9. The summed E-state index contributed by atoms with van der Waals surface area (Å²) < 4.78 is 10.0. The van der Waals surface area contributed by atoms with Gasteiger partial charge in [-0.2, -0.15) is 0 Å². The lowest BCUT2D eigenvalue weighted by Gasteiger charge is -2.18. The van der Waals surface area contributed by atoms with E-state index in [1.54, 1.807) is 26.0 Å². The number of ether oxygens (including phenoxy) is 2. The first-order valence-electron chi connectivity index (χ1n) is 6.60. The van der Waals surface area contributed by atoms with E-state index < -0.39 is 0 Å². The minimum absolute atomic E-state index is 0.0936. The van der Waals surface area contributed by atoms with Gasteiger partial charge in [-0.25, -0.2) is 0 Å². The Morgan fingerprint density at radius 3 is 2.55 bits per heavy atom. The Morgan fingerprint density at radius 1 is 1.20 bits per heavy atom. The zero-order valence-electron chi connectivity index (χ0n) is 12.2. The molecule has 0 aliphatic rings. The largest absolute Gasteiger partial charge is 0.496 e. The summed E-state index contributed by atoms with van der Waals surface area (Å²) in [5.74, 6) is 0.313. The number of benzene rings is 1. The normalized spacial score (nSPS) is 9.95. The molecule has 110 valence electrons. The van der Waals surface area contributed by atoms with Crippen molar-refractivity contribution in [1.82, 2.24) is 4.90 Å². The zero-order valence-corrected chi connectivity index (χ0v) is 12.2. The molecule has 1 aromatic rings. The van der Waals surface area contributed by atoms with Gasteiger partial charge >= 0.3 is 5.97 Å². The number of carbonyl (C=O) groups is 2.